The standard InChI is InChI=1S/C17H29N3S/c1-3-5-13-20(14-6-4-2)15-12-18-17(21)19-16-10-8-7-9-11-16/h7-11H,3-6,12-15H2,1-2H3,(H2,18,19,21). The number of nitrogens with zero attached hydrogens (tertiary/aromatic N) is 1. The van der Waals surface area contributed by atoms with E-state index in [4.69, 9.17) is 12.2 Å². The second-order valence-corrected chi connectivity index (χ2v) is 5.70. The molecular formula is C17H29N3S. The van der Waals surface area contributed by atoms with Crippen molar-refractivity contribution in [1.82, 2.24) is 10.2 Å². The molecule has 0 aliphatic rings. The maximum atomic E-state index is 5.32. The molecule has 118 valence electrons. The van der Waals surface area contributed by atoms with Crippen molar-refractivity contribution in [2.45, 2.75) is 39.5 Å². The van der Waals surface area contributed by atoms with E-state index in [1.165, 1.54) is 38.8 Å². The number of hydrogen-bond acceptors (Lipinski definition) is 2. The predicted octanol–water partition coefficient (Wildman–Crippen LogP) is 3.88. The first-order chi connectivity index (χ1) is 10.3. The van der Waals surface area contributed by atoms with Crippen LogP contribution in [0.15, 0.2) is 30.3 Å². The predicted molar refractivity (Wildman–Crippen MR) is 96.9 cm³/mol. The molecule has 0 atom stereocenters. The highest BCUT2D eigenvalue weighted by Gasteiger charge is 2.04. The first-order valence-electron chi connectivity index (χ1n) is 8.08. The number of benzene rings is 1. The molecule has 1 rings (SSSR count). The summed E-state index contributed by atoms with van der Waals surface area (Å²) in [6.45, 7) is 8.82. The zero-order valence-electron chi connectivity index (χ0n) is 13.4. The van der Waals surface area contributed by atoms with Crippen molar-refractivity contribution >= 4 is 23.0 Å². The Kier molecular flexibility index (Phi) is 9.83. The molecule has 0 bridgehead atoms. The Morgan fingerprint density at radius 3 is 2.19 bits per heavy atom. The van der Waals surface area contributed by atoms with Crippen LogP contribution in [-0.4, -0.2) is 36.2 Å². The topological polar surface area (TPSA) is 27.3 Å². The Balaban J connectivity index is 2.23. The molecule has 0 aliphatic heterocycles. The third-order valence-electron chi connectivity index (χ3n) is 3.40. The number of rotatable bonds is 10. The fourth-order valence-corrected chi connectivity index (χ4v) is 2.34. The summed E-state index contributed by atoms with van der Waals surface area (Å²) < 4.78 is 0. The van der Waals surface area contributed by atoms with E-state index in [1.807, 2.05) is 30.3 Å². The molecule has 4 heteroatoms. The van der Waals surface area contributed by atoms with Crippen molar-refractivity contribution in [2.24, 2.45) is 0 Å². The fourth-order valence-electron chi connectivity index (χ4n) is 2.12. The van der Waals surface area contributed by atoms with E-state index in [9.17, 15) is 0 Å². The van der Waals surface area contributed by atoms with Gasteiger partial charge in [-0.2, -0.15) is 0 Å². The number of nitrogens with one attached hydrogen (secondary N) is 2. The molecule has 0 unspecified atom stereocenters. The maximum Gasteiger partial charge on any atom is 0.170 e. The zero-order chi connectivity index (χ0) is 15.3. The van der Waals surface area contributed by atoms with Crippen LogP contribution in [0.1, 0.15) is 39.5 Å². The van der Waals surface area contributed by atoms with Gasteiger partial charge in [-0.15, -0.1) is 0 Å². The lowest BCUT2D eigenvalue weighted by Crippen LogP contribution is -2.37. The van der Waals surface area contributed by atoms with Gasteiger partial charge in [0, 0.05) is 18.8 Å². The van der Waals surface area contributed by atoms with Crippen molar-refractivity contribution in [3.8, 4) is 0 Å². The van der Waals surface area contributed by atoms with Gasteiger partial charge in [0.2, 0.25) is 0 Å². The van der Waals surface area contributed by atoms with Gasteiger partial charge in [-0.05, 0) is 50.3 Å². The molecule has 0 saturated heterocycles. The minimum atomic E-state index is 0.701. The Bertz CT molecular complexity index is 373. The van der Waals surface area contributed by atoms with Gasteiger partial charge in [0.05, 0.1) is 0 Å². The highest BCUT2D eigenvalue weighted by molar-refractivity contribution is 7.80. The average molecular weight is 308 g/mol. The molecule has 0 aromatic heterocycles. The first kappa shape index (κ1) is 17.9. The summed E-state index contributed by atoms with van der Waals surface area (Å²) in [5, 5.41) is 7.20. The number of para-hydroxylation sites is 1. The van der Waals surface area contributed by atoms with Gasteiger partial charge in [-0.1, -0.05) is 44.9 Å². The van der Waals surface area contributed by atoms with Gasteiger partial charge in [-0.25, -0.2) is 0 Å². The fraction of sp³-hybridized carbons (Fsp3) is 0.588. The quantitative estimate of drug-likeness (QED) is 0.642. The summed E-state index contributed by atoms with van der Waals surface area (Å²) >= 11 is 5.32. The van der Waals surface area contributed by atoms with Crippen LogP contribution in [0.5, 0.6) is 0 Å². The van der Waals surface area contributed by atoms with Crippen LogP contribution in [-0.2, 0) is 0 Å². The van der Waals surface area contributed by atoms with Gasteiger partial charge in [0.15, 0.2) is 5.11 Å². The van der Waals surface area contributed by atoms with E-state index >= 15 is 0 Å². The number of hydrogen-bond donors (Lipinski definition) is 2. The van der Waals surface area contributed by atoms with E-state index < -0.39 is 0 Å². The minimum absolute atomic E-state index is 0.701. The number of anilines is 1. The first-order valence-corrected chi connectivity index (χ1v) is 8.49. The lowest BCUT2D eigenvalue weighted by Gasteiger charge is -2.22. The van der Waals surface area contributed by atoms with Crippen LogP contribution in [0.4, 0.5) is 5.69 Å². The Hall–Kier alpha value is -1.13. The Morgan fingerprint density at radius 2 is 1.62 bits per heavy atom. The van der Waals surface area contributed by atoms with E-state index in [0.29, 0.717) is 5.11 Å². The zero-order valence-corrected chi connectivity index (χ0v) is 14.2. The number of thiocarbonyl (C=S) groups is 1. The third kappa shape index (κ3) is 8.68. The van der Waals surface area contributed by atoms with Gasteiger partial charge in [0.1, 0.15) is 0 Å². The molecule has 0 amide bonds. The summed E-state index contributed by atoms with van der Waals surface area (Å²) in [6.07, 6.45) is 5.06. The van der Waals surface area contributed by atoms with Crippen LogP contribution in [0.2, 0.25) is 0 Å². The molecule has 1 aromatic carbocycles. The monoisotopic (exact) mass is 307 g/mol. The molecule has 0 saturated carbocycles. The van der Waals surface area contributed by atoms with Gasteiger partial charge >= 0.3 is 0 Å². The van der Waals surface area contributed by atoms with Crippen molar-refractivity contribution < 1.29 is 0 Å². The molecule has 0 heterocycles. The third-order valence-corrected chi connectivity index (χ3v) is 3.65. The summed E-state index contributed by atoms with van der Waals surface area (Å²) in [5.74, 6) is 0. The molecule has 0 spiro atoms. The van der Waals surface area contributed by atoms with E-state index in [1.54, 1.807) is 0 Å². The van der Waals surface area contributed by atoms with Crippen molar-refractivity contribution in [3.63, 3.8) is 0 Å². The summed E-state index contributed by atoms with van der Waals surface area (Å²) in [4.78, 5) is 2.53. The molecule has 3 nitrogen and oxygen atoms in total. The summed E-state index contributed by atoms with van der Waals surface area (Å²) in [7, 11) is 0. The minimum Gasteiger partial charge on any atom is -0.361 e. The van der Waals surface area contributed by atoms with Crippen LogP contribution in [0.3, 0.4) is 0 Å². The van der Waals surface area contributed by atoms with Crippen molar-refractivity contribution in [2.75, 3.05) is 31.5 Å². The van der Waals surface area contributed by atoms with E-state index in [2.05, 4.69) is 29.4 Å². The highest BCUT2D eigenvalue weighted by atomic mass is 32.1. The molecule has 0 aliphatic carbocycles. The molecule has 21 heavy (non-hydrogen) atoms. The van der Waals surface area contributed by atoms with Crippen LogP contribution >= 0.6 is 12.2 Å². The van der Waals surface area contributed by atoms with Crippen molar-refractivity contribution in [1.29, 1.82) is 0 Å². The Morgan fingerprint density at radius 1 is 1.00 bits per heavy atom. The van der Waals surface area contributed by atoms with Crippen LogP contribution < -0.4 is 10.6 Å². The van der Waals surface area contributed by atoms with Gasteiger partial charge < -0.3 is 15.5 Å². The Labute approximate surface area is 135 Å². The molecule has 1 aromatic rings. The second-order valence-electron chi connectivity index (χ2n) is 5.30. The van der Waals surface area contributed by atoms with Gasteiger partial charge in [-0.3, -0.25) is 0 Å². The highest BCUT2D eigenvalue weighted by Crippen LogP contribution is 2.04. The average Bonchev–Trinajstić information content (AvgIpc) is 2.50. The maximum absolute atomic E-state index is 5.32. The second kappa shape index (κ2) is 11.5. The van der Waals surface area contributed by atoms with Gasteiger partial charge in [0.25, 0.3) is 0 Å². The van der Waals surface area contributed by atoms with Crippen LogP contribution in [0.25, 0.3) is 0 Å². The van der Waals surface area contributed by atoms with E-state index in [0.717, 1.165) is 18.8 Å². The lowest BCUT2D eigenvalue weighted by molar-refractivity contribution is 0.269. The smallest absolute Gasteiger partial charge is 0.170 e. The number of unbranched alkanes of at least 4 members (excludes halogenated alkanes) is 2. The largest absolute Gasteiger partial charge is 0.361 e. The van der Waals surface area contributed by atoms with Crippen molar-refractivity contribution in [3.05, 3.63) is 30.3 Å². The summed E-state index contributed by atoms with van der Waals surface area (Å²) in [6, 6.07) is 10.0. The van der Waals surface area contributed by atoms with Crippen LogP contribution in [0, 0.1) is 0 Å². The van der Waals surface area contributed by atoms with E-state index in [-0.39, 0.29) is 0 Å². The molecule has 0 radical (unpaired) electrons. The summed E-state index contributed by atoms with van der Waals surface area (Å²) in [5.41, 5.74) is 1.03. The SMILES string of the molecule is CCCCN(CCCC)CCNC(=S)Nc1ccccc1. The molecule has 2 N–H and O–H groups in total. The normalized spacial score (nSPS) is 10.6. The molecule has 0 fully saturated rings. The lowest BCUT2D eigenvalue weighted by atomic mass is 10.2. The molecular weight excluding hydrogens is 278 g/mol.